The molecule has 92 valence electrons. The Balaban J connectivity index is 2.06. The molecule has 1 N–H and O–H groups in total. The quantitative estimate of drug-likeness (QED) is 0.812. The van der Waals surface area contributed by atoms with E-state index in [1.165, 1.54) is 12.4 Å². The topological polar surface area (TPSA) is 67.4 Å². The summed E-state index contributed by atoms with van der Waals surface area (Å²) in [7, 11) is 1.59. The van der Waals surface area contributed by atoms with Crippen molar-refractivity contribution in [3.8, 4) is 0 Å². The number of aromatic nitrogens is 2. The second-order valence-corrected chi connectivity index (χ2v) is 4.06. The number of nitrogens with one attached hydrogen (secondary N) is 1. The van der Waals surface area contributed by atoms with E-state index in [1.54, 1.807) is 7.05 Å². The van der Waals surface area contributed by atoms with Gasteiger partial charge in [0.25, 0.3) is 5.91 Å². The van der Waals surface area contributed by atoms with Gasteiger partial charge in [0.05, 0.1) is 30.6 Å². The Bertz CT molecular complexity index is 398. The molecule has 0 spiro atoms. The number of amides is 1. The Morgan fingerprint density at radius 2 is 2.29 bits per heavy atom. The van der Waals surface area contributed by atoms with Crippen LogP contribution in [0.4, 0.5) is 5.95 Å². The summed E-state index contributed by atoms with van der Waals surface area (Å²) in [6, 6.07) is 0. The molecule has 0 aromatic carbocycles. The molecule has 17 heavy (non-hydrogen) atoms. The van der Waals surface area contributed by atoms with E-state index in [4.69, 9.17) is 16.3 Å². The van der Waals surface area contributed by atoms with Crippen LogP contribution in [-0.2, 0) is 9.53 Å². The summed E-state index contributed by atoms with van der Waals surface area (Å²) >= 11 is 5.72. The number of ether oxygens (including phenoxy) is 1. The minimum Gasteiger partial charge on any atom is -0.365 e. The van der Waals surface area contributed by atoms with Crippen LogP contribution in [0.1, 0.15) is 0 Å². The van der Waals surface area contributed by atoms with Crippen LogP contribution in [0.15, 0.2) is 12.4 Å². The summed E-state index contributed by atoms with van der Waals surface area (Å²) in [6.07, 6.45) is 2.59. The average molecular weight is 257 g/mol. The zero-order chi connectivity index (χ0) is 12.3. The molecule has 1 amide bonds. The molecular formula is C10H13ClN4O2. The summed E-state index contributed by atoms with van der Waals surface area (Å²) in [5, 5.41) is 3.05. The van der Waals surface area contributed by atoms with Crippen LogP contribution < -0.4 is 10.2 Å². The van der Waals surface area contributed by atoms with Crippen molar-refractivity contribution in [3.63, 3.8) is 0 Å². The summed E-state index contributed by atoms with van der Waals surface area (Å²) < 4.78 is 5.37. The number of halogens is 1. The molecule has 0 bridgehead atoms. The smallest absolute Gasteiger partial charge is 0.250 e. The van der Waals surface area contributed by atoms with E-state index in [-0.39, 0.29) is 5.91 Å². The van der Waals surface area contributed by atoms with Crippen LogP contribution in [0.2, 0.25) is 5.02 Å². The van der Waals surface area contributed by atoms with Crippen molar-refractivity contribution < 1.29 is 9.53 Å². The van der Waals surface area contributed by atoms with Crippen molar-refractivity contribution in [1.82, 2.24) is 15.3 Å². The van der Waals surface area contributed by atoms with Gasteiger partial charge in [-0.3, -0.25) is 4.79 Å². The third-order valence-electron chi connectivity index (χ3n) is 2.49. The molecule has 1 fully saturated rings. The van der Waals surface area contributed by atoms with Gasteiger partial charge in [-0.15, -0.1) is 0 Å². The van der Waals surface area contributed by atoms with Gasteiger partial charge in [-0.05, 0) is 0 Å². The Morgan fingerprint density at radius 1 is 1.59 bits per heavy atom. The van der Waals surface area contributed by atoms with Crippen molar-refractivity contribution in [1.29, 1.82) is 0 Å². The molecule has 0 saturated carbocycles. The van der Waals surface area contributed by atoms with Crippen molar-refractivity contribution in [2.75, 3.05) is 31.6 Å². The number of morpholine rings is 1. The zero-order valence-electron chi connectivity index (χ0n) is 9.39. The van der Waals surface area contributed by atoms with E-state index in [0.717, 1.165) is 0 Å². The average Bonchev–Trinajstić information content (AvgIpc) is 2.39. The first-order valence-electron chi connectivity index (χ1n) is 5.26. The van der Waals surface area contributed by atoms with Crippen molar-refractivity contribution in [2.24, 2.45) is 0 Å². The minimum absolute atomic E-state index is 0.135. The van der Waals surface area contributed by atoms with E-state index in [0.29, 0.717) is 30.7 Å². The Labute approximate surface area is 104 Å². The molecule has 1 aliphatic heterocycles. The van der Waals surface area contributed by atoms with Gasteiger partial charge in [0.2, 0.25) is 5.95 Å². The lowest BCUT2D eigenvalue weighted by molar-refractivity contribution is -0.132. The minimum atomic E-state index is -0.479. The van der Waals surface area contributed by atoms with E-state index in [2.05, 4.69) is 15.3 Å². The first kappa shape index (κ1) is 12.1. The molecular weight excluding hydrogens is 244 g/mol. The van der Waals surface area contributed by atoms with E-state index < -0.39 is 6.10 Å². The highest BCUT2D eigenvalue weighted by molar-refractivity contribution is 6.30. The molecule has 1 aliphatic rings. The Morgan fingerprint density at radius 3 is 2.94 bits per heavy atom. The molecule has 1 aromatic heterocycles. The van der Waals surface area contributed by atoms with Crippen LogP contribution in [0, 0.1) is 0 Å². The number of carbonyl (C=O) groups is 1. The van der Waals surface area contributed by atoms with Gasteiger partial charge in [-0.1, -0.05) is 11.6 Å². The largest absolute Gasteiger partial charge is 0.365 e. The second-order valence-electron chi connectivity index (χ2n) is 3.62. The van der Waals surface area contributed by atoms with Crippen LogP contribution in [0.3, 0.4) is 0 Å². The third kappa shape index (κ3) is 2.83. The summed E-state index contributed by atoms with van der Waals surface area (Å²) in [4.78, 5) is 21.6. The molecule has 2 rings (SSSR count). The molecule has 1 atom stereocenters. The fourth-order valence-corrected chi connectivity index (χ4v) is 1.72. The highest BCUT2D eigenvalue weighted by Crippen LogP contribution is 2.14. The van der Waals surface area contributed by atoms with Gasteiger partial charge in [0.1, 0.15) is 0 Å². The lowest BCUT2D eigenvalue weighted by Gasteiger charge is -2.31. The van der Waals surface area contributed by atoms with Crippen LogP contribution in [-0.4, -0.2) is 48.7 Å². The number of anilines is 1. The van der Waals surface area contributed by atoms with Gasteiger partial charge >= 0.3 is 0 Å². The van der Waals surface area contributed by atoms with E-state index in [1.807, 2.05) is 4.90 Å². The normalized spacial score (nSPS) is 20.1. The predicted molar refractivity (Wildman–Crippen MR) is 63.1 cm³/mol. The van der Waals surface area contributed by atoms with Crippen LogP contribution in [0.5, 0.6) is 0 Å². The van der Waals surface area contributed by atoms with E-state index >= 15 is 0 Å². The third-order valence-corrected chi connectivity index (χ3v) is 2.69. The summed E-state index contributed by atoms with van der Waals surface area (Å²) in [5.74, 6) is 0.426. The van der Waals surface area contributed by atoms with Gasteiger partial charge in [0.15, 0.2) is 6.10 Å². The number of hydrogen-bond acceptors (Lipinski definition) is 5. The van der Waals surface area contributed by atoms with Gasteiger partial charge in [-0.25, -0.2) is 9.97 Å². The van der Waals surface area contributed by atoms with Crippen LogP contribution >= 0.6 is 11.6 Å². The maximum atomic E-state index is 11.5. The number of hydrogen-bond donors (Lipinski definition) is 1. The maximum absolute atomic E-state index is 11.5. The van der Waals surface area contributed by atoms with Crippen LogP contribution in [0.25, 0.3) is 0 Å². The lowest BCUT2D eigenvalue weighted by atomic mass is 10.2. The molecule has 1 unspecified atom stereocenters. The fourth-order valence-electron chi connectivity index (χ4n) is 1.62. The number of rotatable bonds is 2. The standard InChI is InChI=1S/C10H13ClN4O2/c1-12-9(16)8-6-15(2-3-17-8)10-13-4-7(11)5-14-10/h4-5,8H,2-3,6H2,1H3,(H,12,16). The van der Waals surface area contributed by atoms with Gasteiger partial charge < -0.3 is 15.0 Å². The van der Waals surface area contributed by atoms with Crippen molar-refractivity contribution in [2.45, 2.75) is 6.10 Å². The highest BCUT2D eigenvalue weighted by Gasteiger charge is 2.27. The second kappa shape index (κ2) is 5.29. The molecule has 6 nitrogen and oxygen atoms in total. The number of carbonyl (C=O) groups excluding carboxylic acids is 1. The van der Waals surface area contributed by atoms with Crippen molar-refractivity contribution >= 4 is 23.5 Å². The molecule has 7 heteroatoms. The van der Waals surface area contributed by atoms with E-state index in [9.17, 15) is 4.79 Å². The Kier molecular flexibility index (Phi) is 3.75. The monoisotopic (exact) mass is 256 g/mol. The van der Waals surface area contributed by atoms with Gasteiger partial charge in [-0.2, -0.15) is 0 Å². The SMILES string of the molecule is CNC(=O)C1CN(c2ncc(Cl)cn2)CCO1. The molecule has 2 heterocycles. The lowest BCUT2D eigenvalue weighted by Crippen LogP contribution is -2.49. The number of likely N-dealkylation sites (N-methyl/N-ethyl adjacent to an activating group) is 1. The van der Waals surface area contributed by atoms with Crippen molar-refractivity contribution in [3.05, 3.63) is 17.4 Å². The number of nitrogens with zero attached hydrogens (tertiary/aromatic N) is 3. The molecule has 0 aliphatic carbocycles. The zero-order valence-corrected chi connectivity index (χ0v) is 10.1. The first-order chi connectivity index (χ1) is 8.20. The first-order valence-corrected chi connectivity index (χ1v) is 5.64. The molecule has 0 radical (unpaired) electrons. The predicted octanol–water partition coefficient (Wildman–Crippen LogP) is 0.0812. The summed E-state index contributed by atoms with van der Waals surface area (Å²) in [5.41, 5.74) is 0. The van der Waals surface area contributed by atoms with Gasteiger partial charge in [0, 0.05) is 13.6 Å². The molecule has 1 saturated heterocycles. The fraction of sp³-hybridized carbons (Fsp3) is 0.500. The molecule has 1 aromatic rings. The highest BCUT2D eigenvalue weighted by atomic mass is 35.5. The maximum Gasteiger partial charge on any atom is 0.250 e. The summed E-state index contributed by atoms with van der Waals surface area (Å²) in [6.45, 7) is 1.58. The Hall–Kier alpha value is -1.40.